The van der Waals surface area contributed by atoms with Crippen molar-refractivity contribution in [2.45, 2.75) is 51.6 Å². The molecular formula is C18H30NO2P. The van der Waals surface area contributed by atoms with Crippen LogP contribution >= 0.6 is 7.14 Å². The van der Waals surface area contributed by atoms with Gasteiger partial charge in [0, 0.05) is 36.3 Å². The van der Waals surface area contributed by atoms with Crippen molar-refractivity contribution >= 4 is 12.4 Å². The zero-order valence-electron chi connectivity index (χ0n) is 13.9. The van der Waals surface area contributed by atoms with Crippen LogP contribution in [0, 0.1) is 0 Å². The minimum absolute atomic E-state index is 0.302. The average molecular weight is 323 g/mol. The van der Waals surface area contributed by atoms with Crippen molar-refractivity contribution in [2.75, 3.05) is 25.5 Å². The maximum atomic E-state index is 13.4. The van der Waals surface area contributed by atoms with Gasteiger partial charge in [-0.2, -0.15) is 0 Å². The van der Waals surface area contributed by atoms with Crippen LogP contribution in [0.25, 0.3) is 0 Å². The summed E-state index contributed by atoms with van der Waals surface area (Å²) >= 11 is 0. The molecule has 2 unspecified atom stereocenters. The van der Waals surface area contributed by atoms with Gasteiger partial charge in [-0.05, 0) is 33.2 Å². The molecule has 1 aliphatic heterocycles. The highest BCUT2D eigenvalue weighted by atomic mass is 31.2. The SMILES string of the molecule is CC1CP(=O)(c2ccccc2)CC(C)N1CCCCCCO. The fourth-order valence-electron chi connectivity index (χ4n) is 3.68. The summed E-state index contributed by atoms with van der Waals surface area (Å²) < 4.78 is 13.4. The Bertz CT molecular complexity index is 475. The maximum Gasteiger partial charge on any atom is 0.118 e. The monoisotopic (exact) mass is 323 g/mol. The Morgan fingerprint density at radius 1 is 1.05 bits per heavy atom. The van der Waals surface area contributed by atoms with Gasteiger partial charge in [0.15, 0.2) is 0 Å². The van der Waals surface area contributed by atoms with E-state index in [9.17, 15) is 4.57 Å². The molecule has 0 spiro atoms. The Morgan fingerprint density at radius 3 is 2.23 bits per heavy atom. The highest BCUT2D eigenvalue weighted by molar-refractivity contribution is 7.71. The standard InChI is InChI=1S/C18H30NO2P/c1-16-14-22(21,18-10-6-5-7-11-18)15-17(2)19(16)12-8-3-4-9-13-20/h5-7,10-11,16-17,20H,3-4,8-9,12-15H2,1-2H3. The van der Waals surface area contributed by atoms with E-state index in [0.717, 1.165) is 37.0 Å². The second-order valence-corrected chi connectivity index (χ2v) is 9.69. The highest BCUT2D eigenvalue weighted by Crippen LogP contribution is 2.50. The van der Waals surface area contributed by atoms with E-state index in [4.69, 9.17) is 5.11 Å². The van der Waals surface area contributed by atoms with Crippen LogP contribution in [0.3, 0.4) is 0 Å². The molecule has 0 aliphatic carbocycles. The molecule has 2 rings (SSSR count). The van der Waals surface area contributed by atoms with Gasteiger partial charge >= 0.3 is 0 Å². The lowest BCUT2D eigenvalue weighted by Gasteiger charge is -2.43. The van der Waals surface area contributed by atoms with Crippen molar-refractivity contribution in [3.05, 3.63) is 30.3 Å². The summed E-state index contributed by atoms with van der Waals surface area (Å²) in [5.41, 5.74) is 0. The lowest BCUT2D eigenvalue weighted by Crippen LogP contribution is -2.49. The van der Waals surface area contributed by atoms with E-state index in [1.807, 2.05) is 30.3 Å². The fraction of sp³-hybridized carbons (Fsp3) is 0.667. The van der Waals surface area contributed by atoms with Crippen molar-refractivity contribution in [2.24, 2.45) is 0 Å². The van der Waals surface area contributed by atoms with Crippen LogP contribution < -0.4 is 5.30 Å². The smallest absolute Gasteiger partial charge is 0.118 e. The second kappa shape index (κ2) is 8.29. The fourth-order valence-corrected chi connectivity index (χ4v) is 7.10. The third-order valence-corrected chi connectivity index (χ3v) is 8.28. The molecule has 1 aromatic carbocycles. The minimum Gasteiger partial charge on any atom is -0.396 e. The Kier molecular flexibility index (Phi) is 6.67. The summed E-state index contributed by atoms with van der Waals surface area (Å²) in [5.74, 6) is 0. The Labute approximate surface area is 135 Å². The van der Waals surface area contributed by atoms with Crippen LogP contribution in [0.5, 0.6) is 0 Å². The van der Waals surface area contributed by atoms with E-state index in [1.54, 1.807) is 0 Å². The topological polar surface area (TPSA) is 40.5 Å². The molecule has 1 heterocycles. The Morgan fingerprint density at radius 2 is 1.64 bits per heavy atom. The number of hydrogen-bond donors (Lipinski definition) is 1. The summed E-state index contributed by atoms with van der Waals surface area (Å²) in [7, 11) is -2.24. The average Bonchev–Trinajstić information content (AvgIpc) is 2.50. The van der Waals surface area contributed by atoms with Gasteiger partial charge in [0.05, 0.1) is 0 Å². The van der Waals surface area contributed by atoms with E-state index in [0.29, 0.717) is 18.7 Å². The molecule has 0 bridgehead atoms. The summed E-state index contributed by atoms with van der Waals surface area (Å²) in [6.45, 7) is 5.83. The van der Waals surface area contributed by atoms with Gasteiger partial charge in [0.1, 0.15) is 7.14 Å². The predicted octanol–water partition coefficient (Wildman–Crippen LogP) is 3.32. The van der Waals surface area contributed by atoms with Gasteiger partial charge < -0.3 is 9.67 Å². The number of hydrogen-bond acceptors (Lipinski definition) is 3. The van der Waals surface area contributed by atoms with Crippen LogP contribution in [0.1, 0.15) is 39.5 Å². The summed E-state index contributed by atoms with van der Waals surface area (Å²) in [6, 6.07) is 10.8. The first-order valence-electron chi connectivity index (χ1n) is 8.57. The molecule has 0 saturated carbocycles. The van der Waals surface area contributed by atoms with Gasteiger partial charge in [-0.15, -0.1) is 0 Å². The van der Waals surface area contributed by atoms with Crippen molar-refractivity contribution in [1.29, 1.82) is 0 Å². The maximum absolute atomic E-state index is 13.4. The lowest BCUT2D eigenvalue weighted by atomic mass is 10.1. The third kappa shape index (κ3) is 4.44. The predicted molar refractivity (Wildman–Crippen MR) is 94.6 cm³/mol. The number of aliphatic hydroxyl groups excluding tert-OH is 1. The number of unbranched alkanes of at least 4 members (excludes halogenated alkanes) is 3. The van der Waals surface area contributed by atoms with Crippen LogP contribution in [0.2, 0.25) is 0 Å². The zero-order chi connectivity index (χ0) is 16.0. The molecule has 0 amide bonds. The normalized spacial score (nSPS) is 29.6. The third-order valence-electron chi connectivity index (χ3n) is 4.80. The lowest BCUT2D eigenvalue weighted by molar-refractivity contribution is 0.164. The van der Waals surface area contributed by atoms with E-state index in [2.05, 4.69) is 18.7 Å². The molecule has 0 radical (unpaired) electrons. The zero-order valence-corrected chi connectivity index (χ0v) is 14.8. The van der Waals surface area contributed by atoms with Crippen LogP contribution in [-0.2, 0) is 4.57 Å². The van der Waals surface area contributed by atoms with Crippen molar-refractivity contribution in [3.8, 4) is 0 Å². The molecule has 124 valence electrons. The van der Waals surface area contributed by atoms with Crippen LogP contribution in [0.15, 0.2) is 30.3 Å². The molecule has 0 aromatic heterocycles. The molecule has 22 heavy (non-hydrogen) atoms. The molecular weight excluding hydrogens is 293 g/mol. The van der Waals surface area contributed by atoms with Crippen molar-refractivity contribution in [3.63, 3.8) is 0 Å². The molecule has 1 fully saturated rings. The van der Waals surface area contributed by atoms with Crippen LogP contribution in [0.4, 0.5) is 0 Å². The first kappa shape index (κ1) is 17.7. The highest BCUT2D eigenvalue weighted by Gasteiger charge is 2.38. The largest absolute Gasteiger partial charge is 0.396 e. The number of rotatable bonds is 7. The molecule has 4 heteroatoms. The van der Waals surface area contributed by atoms with Gasteiger partial charge in [-0.3, -0.25) is 4.90 Å². The first-order valence-corrected chi connectivity index (χ1v) is 10.6. The molecule has 2 atom stereocenters. The molecule has 3 nitrogen and oxygen atoms in total. The summed E-state index contributed by atoms with van der Waals surface area (Å²) in [5, 5.41) is 9.87. The van der Waals surface area contributed by atoms with E-state index < -0.39 is 7.14 Å². The minimum atomic E-state index is -2.24. The quantitative estimate of drug-likeness (QED) is 0.618. The second-order valence-electron chi connectivity index (χ2n) is 6.66. The number of nitrogens with zero attached hydrogens (tertiary/aromatic N) is 1. The first-order chi connectivity index (χ1) is 10.6. The van der Waals surface area contributed by atoms with Crippen LogP contribution in [-0.4, -0.2) is 47.6 Å². The number of benzene rings is 1. The Balaban J connectivity index is 1.93. The number of aliphatic hydroxyl groups is 1. The van der Waals surface area contributed by atoms with E-state index in [1.165, 1.54) is 12.8 Å². The molecule has 1 aromatic rings. The van der Waals surface area contributed by atoms with Gasteiger partial charge in [0.25, 0.3) is 0 Å². The Hall–Kier alpha value is -0.630. The van der Waals surface area contributed by atoms with Gasteiger partial charge in [0.2, 0.25) is 0 Å². The molecule has 1 saturated heterocycles. The van der Waals surface area contributed by atoms with E-state index >= 15 is 0 Å². The van der Waals surface area contributed by atoms with E-state index in [-0.39, 0.29) is 0 Å². The summed E-state index contributed by atoms with van der Waals surface area (Å²) in [4.78, 5) is 2.53. The van der Waals surface area contributed by atoms with Crippen molar-refractivity contribution in [1.82, 2.24) is 4.90 Å². The van der Waals surface area contributed by atoms with Crippen molar-refractivity contribution < 1.29 is 9.67 Å². The van der Waals surface area contributed by atoms with Gasteiger partial charge in [-0.25, -0.2) is 0 Å². The summed E-state index contributed by atoms with van der Waals surface area (Å²) in [6.07, 6.45) is 5.97. The molecule has 1 N–H and O–H groups in total. The molecule has 1 aliphatic rings. The van der Waals surface area contributed by atoms with Gasteiger partial charge in [-0.1, -0.05) is 43.2 Å².